The van der Waals surface area contributed by atoms with E-state index < -0.39 is 37.3 Å². The lowest BCUT2D eigenvalue weighted by Gasteiger charge is -2.29. The van der Waals surface area contributed by atoms with E-state index in [-0.39, 0.29) is 46.0 Å². The summed E-state index contributed by atoms with van der Waals surface area (Å²) in [7, 11) is -9.34. The van der Waals surface area contributed by atoms with Gasteiger partial charge in [0.05, 0.1) is 13.2 Å². The molecule has 4 unspecified atom stereocenters. The second kappa shape index (κ2) is 20.8. The Bertz CT molecular complexity index is 2700. The molecule has 2 heterocycles. The van der Waals surface area contributed by atoms with Crippen LogP contribution in [0, 0.1) is 0 Å². The molecule has 74 heavy (non-hydrogen) atoms. The van der Waals surface area contributed by atoms with Crippen molar-refractivity contribution in [2.24, 2.45) is 0 Å². The molecule has 0 aliphatic carbocycles. The molecule has 0 aromatic heterocycles. The Hall–Kier alpha value is -5.12. The van der Waals surface area contributed by atoms with Crippen molar-refractivity contribution in [1.29, 1.82) is 0 Å². The predicted octanol–water partition coefficient (Wildman–Crippen LogP) is 16.3. The highest BCUT2D eigenvalue weighted by Crippen LogP contribution is 2.56. The summed E-state index contributed by atoms with van der Waals surface area (Å²) in [5, 5.41) is 0. The molecule has 2 saturated heterocycles. The number of phosphoric ester groups is 2. The monoisotopic (exact) mass is 1050 g/mol. The van der Waals surface area contributed by atoms with E-state index >= 15 is 9.13 Å². The number of hydrogen-bond donors (Lipinski definition) is 0. The number of phosphoric acid groups is 2. The minimum atomic E-state index is -4.67. The van der Waals surface area contributed by atoms with Crippen molar-refractivity contribution in [3.63, 3.8) is 0 Å². The zero-order valence-corrected chi connectivity index (χ0v) is 48.8. The van der Waals surface area contributed by atoms with Gasteiger partial charge in [-0.15, -0.1) is 0 Å². The summed E-state index contributed by atoms with van der Waals surface area (Å²) >= 11 is 0. The maximum absolute atomic E-state index is 15.6. The topological polar surface area (TPSA) is 133 Å². The maximum atomic E-state index is 15.6. The van der Waals surface area contributed by atoms with Gasteiger partial charge in [-0.25, -0.2) is 0 Å². The molecule has 0 amide bonds. The van der Waals surface area contributed by atoms with E-state index in [0.29, 0.717) is 49.4 Å². The lowest BCUT2D eigenvalue weighted by Crippen LogP contribution is -2.19. The summed E-state index contributed by atoms with van der Waals surface area (Å²) in [5.41, 5.74) is 3.40. The number of hydrogen-bond acceptors (Lipinski definition) is 12. The quantitative estimate of drug-likeness (QED) is 0.0611. The van der Waals surface area contributed by atoms with E-state index in [0.717, 1.165) is 33.4 Å². The molecule has 0 bridgehead atoms. The van der Waals surface area contributed by atoms with Gasteiger partial charge in [0, 0.05) is 28.3 Å². The zero-order valence-electron chi connectivity index (χ0n) is 47.0. The lowest BCUT2D eigenvalue weighted by molar-refractivity contribution is 0.257. The van der Waals surface area contributed by atoms with Gasteiger partial charge in [0.25, 0.3) is 0 Å². The fourth-order valence-corrected chi connectivity index (χ4v) is 10.5. The van der Waals surface area contributed by atoms with Crippen LogP contribution >= 0.6 is 15.6 Å². The molecule has 0 spiro atoms. The highest BCUT2D eigenvalue weighted by Gasteiger charge is 2.40. The summed E-state index contributed by atoms with van der Waals surface area (Å²) < 4.78 is 93.2. The van der Waals surface area contributed by atoms with Gasteiger partial charge in [0.2, 0.25) is 0 Å². The normalized spacial score (nSPS) is 17.8. The fraction of sp³-hybridized carbons (Fsp3) is 0.500. The Balaban J connectivity index is 1.29. The molecule has 402 valence electrons. The Labute approximate surface area is 441 Å². The van der Waals surface area contributed by atoms with Crippen molar-refractivity contribution in [3.8, 4) is 46.0 Å². The molecule has 2 aliphatic heterocycles. The Morgan fingerprint density at radius 1 is 0.378 bits per heavy atom. The molecule has 14 heteroatoms. The summed E-state index contributed by atoms with van der Waals surface area (Å²) in [6.45, 7) is 39.8. The van der Waals surface area contributed by atoms with Gasteiger partial charge >= 0.3 is 15.6 Å². The van der Waals surface area contributed by atoms with Gasteiger partial charge in [-0.2, -0.15) is 9.13 Å². The number of benzene rings is 5. The molecule has 0 N–H and O–H groups in total. The number of ether oxygens (including phenoxy) is 4. The van der Waals surface area contributed by atoms with E-state index in [1.54, 1.807) is 54.6 Å². The third kappa shape index (κ3) is 15.0. The summed E-state index contributed by atoms with van der Waals surface area (Å²) in [5.74, 6) is 2.49. The highest BCUT2D eigenvalue weighted by atomic mass is 31.2. The molecule has 0 saturated carbocycles. The predicted molar refractivity (Wildman–Crippen MR) is 294 cm³/mol. The van der Waals surface area contributed by atoms with Crippen molar-refractivity contribution in [3.05, 3.63) is 130 Å². The molecule has 2 aliphatic rings. The van der Waals surface area contributed by atoms with Crippen LogP contribution < -0.4 is 36.6 Å². The van der Waals surface area contributed by atoms with E-state index in [2.05, 4.69) is 137 Å². The van der Waals surface area contributed by atoms with E-state index in [9.17, 15) is 0 Å². The van der Waals surface area contributed by atoms with Gasteiger partial charge in [-0.05, 0) is 104 Å². The molecule has 4 atom stereocenters. The minimum absolute atomic E-state index is 0.0301. The Morgan fingerprint density at radius 2 is 0.676 bits per heavy atom. The summed E-state index contributed by atoms with van der Waals surface area (Å²) in [6, 6.07) is 28.5. The summed E-state index contributed by atoms with van der Waals surface area (Å²) in [4.78, 5) is 0. The van der Waals surface area contributed by atoms with Crippen molar-refractivity contribution in [1.82, 2.24) is 0 Å². The fourth-order valence-electron chi connectivity index (χ4n) is 8.03. The second-order valence-corrected chi connectivity index (χ2v) is 28.6. The van der Waals surface area contributed by atoms with Crippen LogP contribution in [0.5, 0.6) is 46.0 Å². The van der Waals surface area contributed by atoms with Crippen LogP contribution in [0.25, 0.3) is 0 Å². The van der Waals surface area contributed by atoms with Crippen LogP contribution in [0.15, 0.2) is 97.1 Å². The van der Waals surface area contributed by atoms with Gasteiger partial charge in [0.15, 0.2) is 0 Å². The first kappa shape index (κ1) is 56.6. The zero-order chi connectivity index (χ0) is 54.5. The first-order valence-corrected chi connectivity index (χ1v) is 28.5. The van der Waals surface area contributed by atoms with Crippen LogP contribution in [0.4, 0.5) is 0 Å². The van der Waals surface area contributed by atoms with Gasteiger partial charge in [0.1, 0.15) is 71.4 Å². The first-order chi connectivity index (χ1) is 34.1. The van der Waals surface area contributed by atoms with Gasteiger partial charge < -0.3 is 46.1 Å². The average Bonchev–Trinajstić information content (AvgIpc) is 4.20. The van der Waals surface area contributed by atoms with E-state index in [4.69, 9.17) is 46.1 Å². The molecule has 2 fully saturated rings. The maximum Gasteiger partial charge on any atom is 0.647 e. The Kier molecular flexibility index (Phi) is 15.9. The smallest absolute Gasteiger partial charge is 0.490 e. The van der Waals surface area contributed by atoms with Crippen molar-refractivity contribution in [2.45, 2.75) is 169 Å². The van der Waals surface area contributed by atoms with Crippen molar-refractivity contribution in [2.75, 3.05) is 26.4 Å². The molecule has 5 aromatic rings. The summed E-state index contributed by atoms with van der Waals surface area (Å²) in [6.07, 6.45) is 0.103. The molecule has 5 aromatic carbocycles. The molecule has 7 rings (SSSR count). The van der Waals surface area contributed by atoms with Gasteiger partial charge in [-0.3, -0.25) is 0 Å². The van der Waals surface area contributed by atoms with Crippen LogP contribution in [-0.4, -0.2) is 38.6 Å². The SMILES string of the molecule is CC(C)(C)c1ccc(OP(=O)(Oc2cccc(OP(=O)(Oc3ccc(OCC4CO4)c(C(C)(C)C)c3)Oc3ccc(C(C)(C)C)cc3C(C)(C)C)c2)Oc2ccc(OCC3CO3)c(C(C)(C)C)c2)c(C(C)(C)C)c1. The average molecular weight is 1060 g/mol. The minimum Gasteiger partial charge on any atom is -0.490 e. The lowest BCUT2D eigenvalue weighted by atomic mass is 9.80. The number of epoxide rings is 2. The second-order valence-electron chi connectivity index (χ2n) is 25.7. The van der Waals surface area contributed by atoms with E-state index in [1.807, 2.05) is 24.3 Å². The van der Waals surface area contributed by atoms with Crippen molar-refractivity contribution < 1.29 is 55.2 Å². The van der Waals surface area contributed by atoms with E-state index in [1.165, 1.54) is 6.07 Å². The Morgan fingerprint density at radius 3 is 0.973 bits per heavy atom. The standard InChI is InChI=1S/C60H80O12P2/c1-55(2,3)39-22-26-53(47(30-39)57(7,8)9)71-73(61,69-43-24-28-51(65-37-45-35-63-45)49(33-43)59(13,14)15)67-41-20-19-21-42(32-41)68-74(62,72-54-27-23-40(56(4,5)6)31-48(54)58(10,11)12)70-44-25-29-52(66-38-46-36-64-46)50(34-44)60(16,17)18/h19-34,45-46H,35-38H2,1-18H3. The molecular formula is C60H80O12P2. The van der Waals surface area contributed by atoms with Crippen molar-refractivity contribution >= 4 is 15.6 Å². The van der Waals surface area contributed by atoms with Crippen LogP contribution in [-0.2, 0) is 51.1 Å². The highest BCUT2D eigenvalue weighted by molar-refractivity contribution is 7.50. The van der Waals surface area contributed by atoms with Crippen LogP contribution in [0.2, 0.25) is 0 Å². The van der Waals surface area contributed by atoms with Gasteiger partial charge in [-0.1, -0.05) is 155 Å². The molecule has 12 nitrogen and oxygen atoms in total. The van der Waals surface area contributed by atoms with Crippen LogP contribution in [0.3, 0.4) is 0 Å². The van der Waals surface area contributed by atoms with Crippen LogP contribution in [0.1, 0.15) is 158 Å². The first-order valence-electron chi connectivity index (χ1n) is 25.6. The largest absolute Gasteiger partial charge is 0.647 e. The number of rotatable bonds is 18. The molecular weight excluding hydrogens is 975 g/mol. The third-order valence-corrected chi connectivity index (χ3v) is 15.2. The third-order valence-electron chi connectivity index (χ3n) is 12.6. The molecule has 0 radical (unpaired) electrons.